The van der Waals surface area contributed by atoms with Gasteiger partial charge in [-0.1, -0.05) is 58.3 Å². The molecule has 0 bridgehead atoms. The molecular weight excluding hydrogens is 314 g/mol. The molecule has 0 saturated carbocycles. The summed E-state index contributed by atoms with van der Waals surface area (Å²) in [6.07, 6.45) is 8.68. The molecule has 1 unspecified atom stereocenters. The zero-order valence-corrected chi connectivity index (χ0v) is 18.7. The van der Waals surface area contributed by atoms with E-state index in [0.29, 0.717) is 6.42 Å². The van der Waals surface area contributed by atoms with Crippen molar-refractivity contribution in [3.63, 3.8) is 0 Å². The van der Waals surface area contributed by atoms with Gasteiger partial charge in [0.1, 0.15) is 0 Å². The van der Waals surface area contributed by atoms with Gasteiger partial charge in [0.05, 0.1) is 7.11 Å². The van der Waals surface area contributed by atoms with Crippen LogP contribution in [0.3, 0.4) is 0 Å². The van der Waals surface area contributed by atoms with E-state index in [2.05, 4.69) is 11.7 Å². The first-order valence-electron chi connectivity index (χ1n) is 6.97. The molecule has 0 heterocycles. The fourth-order valence-corrected chi connectivity index (χ4v) is 2.79. The fourth-order valence-electron chi connectivity index (χ4n) is 1.98. The molecule has 21 heavy (non-hydrogen) atoms. The molecule has 0 spiro atoms. The molecule has 0 fully saturated rings. The van der Waals surface area contributed by atoms with Crippen LogP contribution in [0.2, 0.25) is 0 Å². The molecule has 2 radical (unpaired) electrons. The van der Waals surface area contributed by atoms with Gasteiger partial charge in [0, 0.05) is 59.1 Å². The van der Waals surface area contributed by atoms with Crippen LogP contribution in [-0.2, 0) is 19.6 Å². The van der Waals surface area contributed by atoms with E-state index in [1.807, 2.05) is 0 Å². The van der Waals surface area contributed by atoms with Crippen molar-refractivity contribution in [3.8, 4) is 0 Å². The van der Waals surface area contributed by atoms with Crippen LogP contribution in [0.25, 0.3) is 0 Å². The Bertz CT molecular complexity index is 346. The second-order valence-corrected chi connectivity index (χ2v) is 6.39. The van der Waals surface area contributed by atoms with Crippen LogP contribution in [0.1, 0.15) is 64.7 Å². The first-order valence-corrected chi connectivity index (χ1v) is 8.48. The van der Waals surface area contributed by atoms with Crippen LogP contribution in [-0.4, -0.2) is 90.4 Å². The molecule has 5 nitrogen and oxygen atoms in total. The van der Waals surface area contributed by atoms with Gasteiger partial charge >= 0.3 is 5.97 Å². The molecule has 0 amide bonds. The number of hydrogen-bond donors (Lipinski definition) is 1. The minimum Gasteiger partial charge on any atom is -0.468 e. The van der Waals surface area contributed by atoms with Gasteiger partial charge < -0.3 is 4.74 Å². The second-order valence-electron chi connectivity index (χ2n) is 4.79. The molecule has 0 aromatic heterocycles. The molecule has 116 valence electrons. The van der Waals surface area contributed by atoms with Gasteiger partial charge in [-0.3, -0.25) is 9.35 Å². The summed E-state index contributed by atoms with van der Waals surface area (Å²) in [6, 6.07) is 0. The van der Waals surface area contributed by atoms with Crippen molar-refractivity contribution in [1.82, 2.24) is 0 Å². The summed E-state index contributed by atoms with van der Waals surface area (Å²) < 4.78 is 35.4. The Morgan fingerprint density at radius 3 is 1.81 bits per heavy atom. The number of carbonyl (C=O) groups excluding carboxylic acids is 1. The van der Waals surface area contributed by atoms with Gasteiger partial charge in [-0.25, -0.2) is 0 Å². The third-order valence-electron chi connectivity index (χ3n) is 3.14. The minimum atomic E-state index is -4.36. The molecule has 1 N–H and O–H groups in total. The predicted octanol–water partition coefficient (Wildman–Crippen LogP) is 2.18. The smallest absolute Gasteiger partial charge is 0.326 e. The van der Waals surface area contributed by atoms with E-state index >= 15 is 0 Å². The van der Waals surface area contributed by atoms with Crippen LogP contribution in [0, 0.1) is 0 Å². The van der Waals surface area contributed by atoms with E-state index in [1.165, 1.54) is 25.7 Å². The van der Waals surface area contributed by atoms with Gasteiger partial charge in [-0.05, 0) is 6.42 Å². The molecule has 0 aliphatic carbocycles. The molecule has 8 heteroatoms. The zero-order valence-electron chi connectivity index (χ0n) is 13.9. The van der Waals surface area contributed by atoms with E-state index in [1.54, 1.807) is 0 Å². The van der Waals surface area contributed by atoms with E-state index < -0.39 is 21.3 Å². The maximum atomic E-state index is 11.2. The van der Waals surface area contributed by atoms with Gasteiger partial charge in [0.25, 0.3) is 10.1 Å². The molecule has 0 rings (SSSR count). The summed E-state index contributed by atoms with van der Waals surface area (Å²) in [5.41, 5.74) is 0. The average molecular weight is 340 g/mol. The fraction of sp³-hybridized carbons (Fsp3) is 0.923. The van der Waals surface area contributed by atoms with E-state index in [9.17, 15) is 13.2 Å². The topological polar surface area (TPSA) is 80.7 Å². The van der Waals surface area contributed by atoms with Gasteiger partial charge in [-0.2, -0.15) is 8.42 Å². The second kappa shape index (κ2) is 16.2. The largest absolute Gasteiger partial charge is 0.468 e. The summed E-state index contributed by atoms with van der Waals surface area (Å²) >= 11 is 0. The third-order valence-corrected chi connectivity index (χ3v) is 4.29. The zero-order chi connectivity index (χ0) is 14.7. The van der Waals surface area contributed by atoms with E-state index in [0.717, 1.165) is 26.4 Å². The Morgan fingerprint density at radius 2 is 1.43 bits per heavy atom. The first-order chi connectivity index (χ1) is 8.93. The summed E-state index contributed by atoms with van der Waals surface area (Å²) in [5.74, 6) is -0.884. The number of methoxy groups -OCH3 is 1. The maximum absolute atomic E-state index is 11.2. The normalized spacial score (nSPS) is 12.0. The van der Waals surface area contributed by atoms with Crippen LogP contribution in [0.15, 0.2) is 0 Å². The standard InChI is InChI=1S/C13H26O5S.2Na/c1-3-4-5-6-7-8-9-10-11-12(13(14)18-2)19(15,16)17;;/h12H,3-11H2,1-2H3,(H,15,16,17);;. The molecular formula is C13H26Na2O5S. The average Bonchev–Trinajstić information content (AvgIpc) is 2.34. The number of unbranched alkanes of at least 4 members (excludes halogenated alkanes) is 7. The summed E-state index contributed by atoms with van der Waals surface area (Å²) in [5, 5.41) is -1.43. The maximum Gasteiger partial charge on any atom is 0.326 e. The molecule has 0 aliphatic heterocycles. The van der Waals surface area contributed by atoms with Crippen molar-refractivity contribution >= 4 is 75.2 Å². The van der Waals surface area contributed by atoms with Gasteiger partial charge in [0.2, 0.25) is 0 Å². The van der Waals surface area contributed by atoms with Crippen molar-refractivity contribution in [1.29, 1.82) is 0 Å². The third kappa shape index (κ3) is 14.7. The van der Waals surface area contributed by atoms with Crippen molar-refractivity contribution in [2.45, 2.75) is 70.0 Å². The van der Waals surface area contributed by atoms with E-state index in [-0.39, 0.29) is 65.5 Å². The summed E-state index contributed by atoms with van der Waals surface area (Å²) in [4.78, 5) is 11.2. The Kier molecular flexibility index (Phi) is 21.1. The van der Waals surface area contributed by atoms with E-state index in [4.69, 9.17) is 4.55 Å². The molecule has 0 aromatic carbocycles. The Morgan fingerprint density at radius 1 is 1.00 bits per heavy atom. The molecule has 0 aromatic rings. The van der Waals surface area contributed by atoms with Crippen LogP contribution in [0.5, 0.6) is 0 Å². The Labute approximate surface area is 173 Å². The molecule has 0 saturated heterocycles. The number of rotatable bonds is 11. The number of carbonyl (C=O) groups is 1. The first kappa shape index (κ1) is 27.2. The van der Waals surface area contributed by atoms with Crippen molar-refractivity contribution in [2.24, 2.45) is 0 Å². The monoisotopic (exact) mass is 340 g/mol. The minimum absolute atomic E-state index is 0. The van der Waals surface area contributed by atoms with Crippen molar-refractivity contribution in [2.75, 3.05) is 7.11 Å². The predicted molar refractivity (Wildman–Crippen MR) is 86.1 cm³/mol. The quantitative estimate of drug-likeness (QED) is 0.270. The van der Waals surface area contributed by atoms with Crippen molar-refractivity contribution in [3.05, 3.63) is 0 Å². The summed E-state index contributed by atoms with van der Waals surface area (Å²) in [6.45, 7) is 2.17. The van der Waals surface area contributed by atoms with Crippen molar-refractivity contribution < 1.29 is 22.5 Å². The number of esters is 1. The number of hydrogen-bond acceptors (Lipinski definition) is 4. The Balaban J connectivity index is -0.00000162. The van der Waals surface area contributed by atoms with Gasteiger partial charge in [-0.15, -0.1) is 0 Å². The Hall–Kier alpha value is 1.38. The van der Waals surface area contributed by atoms with Crippen LogP contribution >= 0.6 is 0 Å². The summed E-state index contributed by atoms with van der Waals surface area (Å²) in [7, 11) is -3.24. The molecule has 1 atom stereocenters. The SMILES string of the molecule is CCCCCCCCCCC(C(=O)OC)S(=O)(=O)O.[Na].[Na]. The molecule has 0 aliphatic rings. The number of ether oxygens (including phenoxy) is 1. The van der Waals surface area contributed by atoms with Crippen LogP contribution in [0.4, 0.5) is 0 Å². The van der Waals surface area contributed by atoms with Gasteiger partial charge in [0.15, 0.2) is 5.25 Å². The van der Waals surface area contributed by atoms with Crippen LogP contribution < -0.4 is 0 Å².